The summed E-state index contributed by atoms with van der Waals surface area (Å²) in [6.45, 7) is 6.24. The number of ether oxygens (including phenoxy) is 1. The Hall–Kier alpha value is -1.63. The molecule has 0 aliphatic carbocycles. The maximum atomic E-state index is 12.0. The van der Waals surface area contributed by atoms with Crippen LogP contribution in [0.15, 0.2) is 36.5 Å². The van der Waals surface area contributed by atoms with E-state index in [1.807, 2.05) is 37.3 Å². The molecule has 1 atom stereocenters. The maximum Gasteiger partial charge on any atom is 0.263 e. The van der Waals surface area contributed by atoms with E-state index in [0.717, 1.165) is 15.6 Å². The maximum absolute atomic E-state index is 12.0. The van der Waals surface area contributed by atoms with Gasteiger partial charge in [0.25, 0.3) is 5.91 Å². The zero-order chi connectivity index (χ0) is 16.8. The Balaban J connectivity index is 1.89. The van der Waals surface area contributed by atoms with Crippen LogP contribution in [0.4, 0.5) is 5.82 Å². The van der Waals surface area contributed by atoms with Gasteiger partial charge in [0, 0.05) is 9.77 Å². The van der Waals surface area contributed by atoms with Crippen molar-refractivity contribution in [3.63, 3.8) is 0 Å². The minimum absolute atomic E-state index is 0.0320. The van der Waals surface area contributed by atoms with Crippen molar-refractivity contribution in [3.05, 3.63) is 51.2 Å². The number of nitrogens with zero attached hydrogens (tertiary/aromatic N) is 1. The molecule has 4 nitrogen and oxygen atoms in total. The van der Waals surface area contributed by atoms with Crippen molar-refractivity contribution in [3.8, 4) is 5.75 Å². The molecule has 1 heterocycles. The molecule has 0 spiro atoms. The number of aryl methyl sites for hydroxylation is 1. The molecule has 23 heavy (non-hydrogen) atoms. The molecule has 2 aromatic rings. The topological polar surface area (TPSA) is 51.2 Å². The number of halogens is 1. The third-order valence-electron chi connectivity index (χ3n) is 3.73. The van der Waals surface area contributed by atoms with E-state index in [4.69, 9.17) is 4.74 Å². The number of pyridine rings is 1. The SMILES string of the molecule is CCC(C)c1ccc(OCC(=O)Nc2ncc(I)cc2C)cc1. The summed E-state index contributed by atoms with van der Waals surface area (Å²) in [5.74, 6) is 1.58. The van der Waals surface area contributed by atoms with Crippen LogP contribution in [-0.2, 0) is 4.79 Å². The van der Waals surface area contributed by atoms with Crippen LogP contribution in [-0.4, -0.2) is 17.5 Å². The van der Waals surface area contributed by atoms with Crippen molar-refractivity contribution >= 4 is 34.3 Å². The van der Waals surface area contributed by atoms with Crippen molar-refractivity contribution in [2.45, 2.75) is 33.1 Å². The van der Waals surface area contributed by atoms with Gasteiger partial charge in [0.05, 0.1) is 0 Å². The van der Waals surface area contributed by atoms with Gasteiger partial charge in [0.2, 0.25) is 0 Å². The lowest BCUT2D eigenvalue weighted by molar-refractivity contribution is -0.118. The van der Waals surface area contributed by atoms with E-state index in [9.17, 15) is 4.79 Å². The fraction of sp³-hybridized carbons (Fsp3) is 0.333. The molecule has 0 saturated heterocycles. The summed E-state index contributed by atoms with van der Waals surface area (Å²) < 4.78 is 6.57. The summed E-state index contributed by atoms with van der Waals surface area (Å²) in [5.41, 5.74) is 2.21. The molecular weight excluding hydrogens is 403 g/mol. The number of amides is 1. The number of aromatic nitrogens is 1. The second kappa shape index (κ2) is 8.29. The van der Waals surface area contributed by atoms with Crippen LogP contribution in [0.2, 0.25) is 0 Å². The van der Waals surface area contributed by atoms with Gasteiger partial charge in [-0.2, -0.15) is 0 Å². The Labute approximate surface area is 150 Å². The summed E-state index contributed by atoms with van der Waals surface area (Å²) in [6, 6.07) is 9.88. The lowest BCUT2D eigenvalue weighted by Crippen LogP contribution is -2.21. The van der Waals surface area contributed by atoms with Crippen molar-refractivity contribution in [1.29, 1.82) is 0 Å². The van der Waals surface area contributed by atoms with E-state index in [1.165, 1.54) is 5.56 Å². The molecule has 2 rings (SSSR count). The Morgan fingerprint density at radius 1 is 1.35 bits per heavy atom. The van der Waals surface area contributed by atoms with Crippen molar-refractivity contribution in [2.24, 2.45) is 0 Å². The molecule has 1 unspecified atom stereocenters. The third-order valence-corrected chi connectivity index (χ3v) is 4.32. The lowest BCUT2D eigenvalue weighted by Gasteiger charge is -2.11. The number of anilines is 1. The molecule has 1 aromatic heterocycles. The molecule has 122 valence electrons. The summed E-state index contributed by atoms with van der Waals surface area (Å²) in [5, 5.41) is 2.77. The highest BCUT2D eigenvalue weighted by Crippen LogP contribution is 2.21. The largest absolute Gasteiger partial charge is 0.484 e. The number of hydrogen-bond donors (Lipinski definition) is 1. The number of benzene rings is 1. The van der Waals surface area contributed by atoms with Crippen molar-refractivity contribution < 1.29 is 9.53 Å². The number of carbonyl (C=O) groups is 1. The van der Waals surface area contributed by atoms with Gasteiger partial charge < -0.3 is 10.1 Å². The first-order chi connectivity index (χ1) is 11.0. The molecule has 0 saturated carbocycles. The second-order valence-corrected chi connectivity index (χ2v) is 6.78. The van der Waals surface area contributed by atoms with Crippen LogP contribution in [0.5, 0.6) is 5.75 Å². The molecule has 5 heteroatoms. The molecule has 0 radical (unpaired) electrons. The second-order valence-electron chi connectivity index (χ2n) is 5.53. The van der Waals surface area contributed by atoms with Gasteiger partial charge in [-0.15, -0.1) is 0 Å². The van der Waals surface area contributed by atoms with Gasteiger partial charge in [-0.25, -0.2) is 4.98 Å². The van der Waals surface area contributed by atoms with Crippen LogP contribution < -0.4 is 10.1 Å². The minimum Gasteiger partial charge on any atom is -0.484 e. The standard InChI is InChI=1S/C18H21IN2O2/c1-4-12(2)14-5-7-16(8-6-14)23-11-17(22)21-18-13(3)9-15(19)10-20-18/h5-10,12H,4,11H2,1-3H3,(H,20,21,22). The zero-order valence-corrected chi connectivity index (χ0v) is 15.8. The molecule has 0 aliphatic heterocycles. The monoisotopic (exact) mass is 424 g/mol. The van der Waals surface area contributed by atoms with Crippen molar-refractivity contribution in [1.82, 2.24) is 4.98 Å². The average molecular weight is 424 g/mol. The van der Waals surface area contributed by atoms with Gasteiger partial charge in [-0.1, -0.05) is 26.0 Å². The van der Waals surface area contributed by atoms with Crippen LogP contribution in [0.3, 0.4) is 0 Å². The molecule has 0 bridgehead atoms. The predicted molar refractivity (Wildman–Crippen MR) is 101 cm³/mol. The van der Waals surface area contributed by atoms with Gasteiger partial charge in [0.15, 0.2) is 6.61 Å². The number of rotatable bonds is 6. The fourth-order valence-electron chi connectivity index (χ4n) is 2.12. The Morgan fingerprint density at radius 2 is 2.04 bits per heavy atom. The Kier molecular flexibility index (Phi) is 6.38. The number of carbonyl (C=O) groups excluding carboxylic acids is 1. The Morgan fingerprint density at radius 3 is 2.65 bits per heavy atom. The van der Waals surface area contributed by atoms with Crippen LogP contribution >= 0.6 is 22.6 Å². The third kappa shape index (κ3) is 5.20. The first-order valence-corrected chi connectivity index (χ1v) is 8.72. The average Bonchev–Trinajstić information content (AvgIpc) is 2.55. The minimum atomic E-state index is -0.215. The first kappa shape index (κ1) is 17.7. The zero-order valence-electron chi connectivity index (χ0n) is 13.6. The molecule has 1 amide bonds. The van der Waals surface area contributed by atoms with E-state index in [-0.39, 0.29) is 12.5 Å². The highest BCUT2D eigenvalue weighted by atomic mass is 127. The van der Waals surface area contributed by atoms with Crippen LogP contribution in [0.1, 0.15) is 37.3 Å². The van der Waals surface area contributed by atoms with Crippen LogP contribution in [0.25, 0.3) is 0 Å². The van der Waals surface area contributed by atoms with Crippen molar-refractivity contribution in [2.75, 3.05) is 11.9 Å². The number of hydrogen-bond acceptors (Lipinski definition) is 3. The molecule has 0 fully saturated rings. The molecule has 1 aromatic carbocycles. The van der Waals surface area contributed by atoms with Crippen LogP contribution in [0, 0.1) is 10.5 Å². The normalized spacial score (nSPS) is 11.8. The highest BCUT2D eigenvalue weighted by molar-refractivity contribution is 14.1. The summed E-state index contributed by atoms with van der Waals surface area (Å²) in [6.07, 6.45) is 2.82. The predicted octanol–water partition coefficient (Wildman–Crippen LogP) is 4.53. The van der Waals surface area contributed by atoms with Gasteiger partial charge >= 0.3 is 0 Å². The summed E-state index contributed by atoms with van der Waals surface area (Å²) in [4.78, 5) is 16.2. The molecule has 1 N–H and O–H groups in total. The van der Waals surface area contributed by atoms with E-state index < -0.39 is 0 Å². The summed E-state index contributed by atoms with van der Waals surface area (Å²) >= 11 is 2.19. The van der Waals surface area contributed by atoms with Gasteiger partial charge in [0.1, 0.15) is 11.6 Å². The van der Waals surface area contributed by atoms with E-state index >= 15 is 0 Å². The molecular formula is C18H21IN2O2. The fourth-order valence-corrected chi connectivity index (χ4v) is 2.72. The summed E-state index contributed by atoms with van der Waals surface area (Å²) in [7, 11) is 0. The Bertz CT molecular complexity index is 671. The number of nitrogens with one attached hydrogen (secondary N) is 1. The van der Waals surface area contributed by atoms with E-state index in [1.54, 1.807) is 6.20 Å². The van der Waals surface area contributed by atoms with Gasteiger partial charge in [-0.05, 0) is 71.2 Å². The highest BCUT2D eigenvalue weighted by Gasteiger charge is 2.08. The lowest BCUT2D eigenvalue weighted by atomic mass is 9.99. The molecule has 0 aliphatic rings. The van der Waals surface area contributed by atoms with Gasteiger partial charge in [-0.3, -0.25) is 4.79 Å². The van der Waals surface area contributed by atoms with E-state index in [2.05, 4.69) is 46.7 Å². The van der Waals surface area contributed by atoms with E-state index in [0.29, 0.717) is 17.5 Å². The quantitative estimate of drug-likeness (QED) is 0.694. The smallest absolute Gasteiger partial charge is 0.263 e. The first-order valence-electron chi connectivity index (χ1n) is 7.64.